The van der Waals surface area contributed by atoms with Crippen molar-refractivity contribution in [1.29, 1.82) is 0 Å². The van der Waals surface area contributed by atoms with E-state index in [9.17, 15) is 0 Å². The van der Waals surface area contributed by atoms with Crippen LogP contribution in [0.2, 0.25) is 0 Å². The van der Waals surface area contributed by atoms with Gasteiger partial charge in [-0.15, -0.1) is 11.3 Å². The predicted octanol–water partition coefficient (Wildman–Crippen LogP) is 2.23. The molecular weight excluding hydrogens is 308 g/mol. The molecule has 2 atom stereocenters. The third-order valence-electron chi connectivity index (χ3n) is 4.27. The Morgan fingerprint density at radius 2 is 2.39 bits per heavy atom. The molecule has 1 saturated carbocycles. The van der Waals surface area contributed by atoms with Crippen molar-refractivity contribution < 1.29 is 4.74 Å². The van der Waals surface area contributed by atoms with E-state index in [1.54, 1.807) is 0 Å². The summed E-state index contributed by atoms with van der Waals surface area (Å²) in [7, 11) is 0. The van der Waals surface area contributed by atoms with Crippen LogP contribution < -0.4 is 10.6 Å². The first-order valence-electron chi connectivity index (χ1n) is 8.70. The van der Waals surface area contributed by atoms with E-state index in [-0.39, 0.29) is 0 Å². The van der Waals surface area contributed by atoms with Crippen molar-refractivity contribution in [1.82, 2.24) is 15.5 Å². The molecule has 3 rings (SSSR count). The van der Waals surface area contributed by atoms with Gasteiger partial charge in [0.05, 0.1) is 25.3 Å². The fraction of sp³-hybridized carbons (Fsp3) is 0.706. The summed E-state index contributed by atoms with van der Waals surface area (Å²) in [6.45, 7) is 8.73. The van der Waals surface area contributed by atoms with Crippen LogP contribution in [0.1, 0.15) is 37.6 Å². The van der Waals surface area contributed by atoms with Crippen molar-refractivity contribution >= 4 is 17.3 Å². The Bertz CT molecular complexity index is 501. The van der Waals surface area contributed by atoms with E-state index in [4.69, 9.17) is 9.73 Å². The molecule has 2 fully saturated rings. The summed E-state index contributed by atoms with van der Waals surface area (Å²) < 4.78 is 5.70. The number of rotatable bonds is 6. The van der Waals surface area contributed by atoms with E-state index in [0.29, 0.717) is 18.2 Å². The number of hydrogen-bond acceptors (Lipinski definition) is 4. The molecular formula is C17H28N4OS. The fourth-order valence-electron chi connectivity index (χ4n) is 2.91. The molecule has 23 heavy (non-hydrogen) atoms. The van der Waals surface area contributed by atoms with Gasteiger partial charge in [0.2, 0.25) is 0 Å². The lowest BCUT2D eigenvalue weighted by molar-refractivity contribution is -0.0327. The highest BCUT2D eigenvalue weighted by Gasteiger charge is 2.27. The van der Waals surface area contributed by atoms with Crippen LogP contribution in [0.15, 0.2) is 22.5 Å². The van der Waals surface area contributed by atoms with Crippen LogP contribution in [0.25, 0.3) is 0 Å². The van der Waals surface area contributed by atoms with Gasteiger partial charge >= 0.3 is 0 Å². The second-order valence-electron chi connectivity index (χ2n) is 6.35. The molecule has 0 spiro atoms. The average Bonchev–Trinajstić information content (AvgIpc) is 3.19. The summed E-state index contributed by atoms with van der Waals surface area (Å²) in [5, 5.41) is 9.03. The topological polar surface area (TPSA) is 48.9 Å². The number of aliphatic imine (C=N–C) groups is 1. The van der Waals surface area contributed by atoms with E-state index < -0.39 is 0 Å². The minimum atomic E-state index is 0.299. The van der Waals surface area contributed by atoms with Crippen molar-refractivity contribution in [3.05, 3.63) is 22.4 Å². The van der Waals surface area contributed by atoms with Crippen molar-refractivity contribution in [2.24, 2.45) is 4.99 Å². The van der Waals surface area contributed by atoms with Gasteiger partial charge in [-0.25, -0.2) is 0 Å². The monoisotopic (exact) mass is 336 g/mol. The van der Waals surface area contributed by atoms with Crippen LogP contribution in [0.5, 0.6) is 0 Å². The van der Waals surface area contributed by atoms with E-state index in [2.05, 4.69) is 46.9 Å². The maximum absolute atomic E-state index is 5.70. The molecule has 1 aromatic rings. The van der Waals surface area contributed by atoms with Crippen LogP contribution >= 0.6 is 11.3 Å². The molecule has 1 aromatic heterocycles. The highest BCUT2D eigenvalue weighted by molar-refractivity contribution is 7.10. The van der Waals surface area contributed by atoms with Gasteiger partial charge in [0.25, 0.3) is 0 Å². The Hall–Kier alpha value is -1.11. The number of thiophene rings is 1. The molecule has 0 aromatic carbocycles. The Kier molecular flexibility index (Phi) is 5.91. The van der Waals surface area contributed by atoms with Crippen molar-refractivity contribution in [3.8, 4) is 0 Å². The first kappa shape index (κ1) is 16.7. The molecule has 1 aliphatic carbocycles. The number of guanidine groups is 1. The Morgan fingerprint density at radius 3 is 3.04 bits per heavy atom. The summed E-state index contributed by atoms with van der Waals surface area (Å²) in [5.74, 6) is 0.956. The molecule has 2 N–H and O–H groups in total. The number of nitrogens with zero attached hydrogens (tertiary/aromatic N) is 2. The molecule has 2 heterocycles. The molecule has 0 radical (unpaired) electrons. The van der Waals surface area contributed by atoms with E-state index in [1.807, 2.05) is 11.3 Å². The third-order valence-corrected chi connectivity index (χ3v) is 5.24. The number of nitrogens with one attached hydrogen (secondary N) is 2. The average molecular weight is 337 g/mol. The van der Waals surface area contributed by atoms with Gasteiger partial charge in [-0.05, 0) is 38.1 Å². The van der Waals surface area contributed by atoms with Crippen LogP contribution in [0.4, 0.5) is 0 Å². The lowest BCUT2D eigenvalue weighted by Crippen LogP contribution is -2.44. The zero-order valence-corrected chi connectivity index (χ0v) is 14.9. The van der Waals surface area contributed by atoms with E-state index >= 15 is 0 Å². The normalized spacial score (nSPS) is 24.4. The highest BCUT2D eigenvalue weighted by Crippen LogP contribution is 2.27. The molecule has 5 nitrogen and oxygen atoms in total. The van der Waals surface area contributed by atoms with Gasteiger partial charge in [-0.3, -0.25) is 9.89 Å². The van der Waals surface area contributed by atoms with Crippen molar-refractivity contribution in [2.75, 3.05) is 32.8 Å². The van der Waals surface area contributed by atoms with E-state index in [0.717, 1.165) is 38.7 Å². The summed E-state index contributed by atoms with van der Waals surface area (Å²) >= 11 is 1.82. The largest absolute Gasteiger partial charge is 0.376 e. The molecule has 0 bridgehead atoms. The van der Waals surface area contributed by atoms with Gasteiger partial charge in [0, 0.05) is 30.6 Å². The molecule has 6 heteroatoms. The quantitative estimate of drug-likeness (QED) is 0.618. The summed E-state index contributed by atoms with van der Waals surface area (Å²) in [6.07, 6.45) is 2.83. The Balaban J connectivity index is 1.69. The van der Waals surface area contributed by atoms with Crippen LogP contribution in [0.3, 0.4) is 0 Å². The maximum Gasteiger partial charge on any atom is 0.191 e. The molecule has 2 aliphatic rings. The minimum Gasteiger partial charge on any atom is -0.376 e. The van der Waals surface area contributed by atoms with Gasteiger partial charge in [-0.2, -0.15) is 0 Å². The molecule has 128 valence electrons. The first-order chi connectivity index (χ1) is 11.3. The lowest BCUT2D eigenvalue weighted by Gasteiger charge is -2.36. The zero-order valence-electron chi connectivity index (χ0n) is 14.1. The van der Waals surface area contributed by atoms with Crippen molar-refractivity contribution in [2.45, 2.75) is 44.9 Å². The number of hydrogen-bond donors (Lipinski definition) is 2. The van der Waals surface area contributed by atoms with Crippen molar-refractivity contribution in [3.63, 3.8) is 0 Å². The van der Waals surface area contributed by atoms with Crippen LogP contribution in [-0.4, -0.2) is 55.8 Å². The van der Waals surface area contributed by atoms with Crippen LogP contribution in [0, 0.1) is 0 Å². The minimum absolute atomic E-state index is 0.299. The summed E-state index contributed by atoms with van der Waals surface area (Å²) in [5.41, 5.74) is 0. The molecule has 1 saturated heterocycles. The first-order valence-corrected chi connectivity index (χ1v) is 9.58. The lowest BCUT2D eigenvalue weighted by atomic mass is 10.1. The zero-order chi connectivity index (χ0) is 16.1. The number of morpholine rings is 1. The fourth-order valence-corrected chi connectivity index (χ4v) is 3.77. The van der Waals surface area contributed by atoms with Gasteiger partial charge in [-0.1, -0.05) is 6.07 Å². The van der Waals surface area contributed by atoms with Gasteiger partial charge in [0.15, 0.2) is 5.96 Å². The Morgan fingerprint density at radius 1 is 1.52 bits per heavy atom. The smallest absolute Gasteiger partial charge is 0.191 e. The number of ether oxygens (including phenoxy) is 1. The molecule has 1 aliphatic heterocycles. The Labute approximate surface area is 143 Å². The standard InChI is InChI=1S/C17H28N4OS/c1-3-18-17(20-14-6-7-14)19-11-15(16-5-4-10-23-16)21-8-9-22-13(2)12-21/h4-5,10,13-15H,3,6-9,11-12H2,1-2H3,(H2,18,19,20). The second-order valence-corrected chi connectivity index (χ2v) is 7.33. The SMILES string of the molecule is CCNC(=NCC(c1cccs1)N1CCOC(C)C1)NC1CC1. The van der Waals surface area contributed by atoms with Gasteiger partial charge in [0.1, 0.15) is 0 Å². The van der Waals surface area contributed by atoms with Crippen LogP contribution in [-0.2, 0) is 4.74 Å². The predicted molar refractivity (Wildman–Crippen MR) is 96.2 cm³/mol. The van der Waals surface area contributed by atoms with E-state index in [1.165, 1.54) is 17.7 Å². The molecule has 2 unspecified atom stereocenters. The highest BCUT2D eigenvalue weighted by atomic mass is 32.1. The van der Waals surface area contributed by atoms with Gasteiger partial charge < -0.3 is 15.4 Å². The maximum atomic E-state index is 5.70. The third kappa shape index (κ3) is 4.93. The molecule has 0 amide bonds. The summed E-state index contributed by atoms with van der Waals surface area (Å²) in [4.78, 5) is 8.78. The summed E-state index contributed by atoms with van der Waals surface area (Å²) in [6, 6.07) is 5.33. The second kappa shape index (κ2) is 8.13.